The fourth-order valence-electron chi connectivity index (χ4n) is 2.80. The Kier molecular flexibility index (Phi) is 2.45. The van der Waals surface area contributed by atoms with Crippen LogP contribution in [0, 0.1) is 0 Å². The van der Waals surface area contributed by atoms with Gasteiger partial charge in [-0.25, -0.2) is 0 Å². The molecule has 90 valence electrons. The van der Waals surface area contributed by atoms with Gasteiger partial charge in [0.05, 0.1) is 18.3 Å². The van der Waals surface area contributed by atoms with Crippen LogP contribution in [0.5, 0.6) is 0 Å². The van der Waals surface area contributed by atoms with E-state index in [-0.39, 0.29) is 6.10 Å². The highest BCUT2D eigenvalue weighted by Gasteiger charge is 2.36. The van der Waals surface area contributed by atoms with Crippen molar-refractivity contribution in [1.82, 2.24) is 4.98 Å². The van der Waals surface area contributed by atoms with E-state index in [0.717, 1.165) is 16.5 Å². The minimum Gasteiger partial charge on any atom is -0.385 e. The van der Waals surface area contributed by atoms with Crippen LogP contribution >= 0.6 is 0 Å². The van der Waals surface area contributed by atoms with Crippen LogP contribution in [0.3, 0.4) is 0 Å². The SMILES string of the molecule is CC1CC(O)(c2cccc3[nH]ccc23)CCO1. The average Bonchev–Trinajstić information content (AvgIpc) is 2.76. The first kappa shape index (κ1) is 10.8. The normalized spacial score (nSPS) is 29.6. The predicted octanol–water partition coefficient (Wildman–Crippen LogP) is 2.55. The van der Waals surface area contributed by atoms with E-state index < -0.39 is 5.60 Å². The van der Waals surface area contributed by atoms with Crippen molar-refractivity contribution >= 4 is 10.9 Å². The van der Waals surface area contributed by atoms with Crippen molar-refractivity contribution in [3.63, 3.8) is 0 Å². The first-order valence-electron chi connectivity index (χ1n) is 6.10. The summed E-state index contributed by atoms with van der Waals surface area (Å²) in [6.45, 7) is 2.64. The van der Waals surface area contributed by atoms with Crippen LogP contribution in [0.2, 0.25) is 0 Å². The number of ether oxygens (including phenoxy) is 1. The predicted molar refractivity (Wildman–Crippen MR) is 66.8 cm³/mol. The Labute approximate surface area is 100 Å². The fourth-order valence-corrected chi connectivity index (χ4v) is 2.80. The lowest BCUT2D eigenvalue weighted by Crippen LogP contribution is -2.37. The number of hydrogen-bond acceptors (Lipinski definition) is 2. The van der Waals surface area contributed by atoms with E-state index in [1.54, 1.807) is 0 Å². The van der Waals surface area contributed by atoms with Gasteiger partial charge in [0.25, 0.3) is 0 Å². The van der Waals surface area contributed by atoms with Crippen molar-refractivity contribution in [2.75, 3.05) is 6.61 Å². The number of nitrogens with one attached hydrogen (secondary N) is 1. The zero-order valence-corrected chi connectivity index (χ0v) is 9.94. The maximum absolute atomic E-state index is 10.8. The summed E-state index contributed by atoms with van der Waals surface area (Å²) in [6.07, 6.45) is 3.36. The van der Waals surface area contributed by atoms with Crippen molar-refractivity contribution in [2.24, 2.45) is 0 Å². The van der Waals surface area contributed by atoms with Gasteiger partial charge < -0.3 is 14.8 Å². The number of H-pyrrole nitrogens is 1. The lowest BCUT2D eigenvalue weighted by Gasteiger charge is -2.36. The van der Waals surface area contributed by atoms with E-state index in [1.807, 2.05) is 37.4 Å². The summed E-state index contributed by atoms with van der Waals surface area (Å²) in [6, 6.07) is 8.08. The molecule has 2 unspecified atom stereocenters. The maximum Gasteiger partial charge on any atom is 0.0949 e. The molecule has 1 saturated heterocycles. The third-order valence-electron chi connectivity index (χ3n) is 3.64. The van der Waals surface area contributed by atoms with Crippen LogP contribution in [0.15, 0.2) is 30.5 Å². The Morgan fingerprint density at radius 2 is 2.29 bits per heavy atom. The highest BCUT2D eigenvalue weighted by Crippen LogP contribution is 2.37. The molecule has 1 aromatic carbocycles. The minimum absolute atomic E-state index is 0.114. The maximum atomic E-state index is 10.8. The fraction of sp³-hybridized carbons (Fsp3) is 0.429. The Hall–Kier alpha value is -1.32. The Balaban J connectivity index is 2.10. The van der Waals surface area contributed by atoms with Crippen LogP contribution in [-0.4, -0.2) is 22.8 Å². The van der Waals surface area contributed by atoms with Gasteiger partial charge in [0, 0.05) is 29.9 Å². The standard InChI is InChI=1S/C14H17NO2/c1-10-9-14(16,6-8-17-10)12-3-2-4-13-11(12)5-7-15-13/h2-5,7,10,15-16H,6,8-9H2,1H3. The number of aliphatic hydroxyl groups is 1. The van der Waals surface area contributed by atoms with Crippen LogP contribution in [0.25, 0.3) is 10.9 Å². The van der Waals surface area contributed by atoms with Gasteiger partial charge in [-0.2, -0.15) is 0 Å². The molecule has 1 aliphatic rings. The molecule has 0 aliphatic carbocycles. The summed E-state index contributed by atoms with van der Waals surface area (Å²) >= 11 is 0. The van der Waals surface area contributed by atoms with Crippen LogP contribution in [0.4, 0.5) is 0 Å². The molecule has 0 radical (unpaired) electrons. The topological polar surface area (TPSA) is 45.2 Å². The summed E-state index contributed by atoms with van der Waals surface area (Å²) in [5.74, 6) is 0. The molecule has 0 spiro atoms. The molecule has 3 nitrogen and oxygen atoms in total. The van der Waals surface area contributed by atoms with E-state index >= 15 is 0 Å². The van der Waals surface area contributed by atoms with Crippen molar-refractivity contribution in [3.05, 3.63) is 36.0 Å². The smallest absolute Gasteiger partial charge is 0.0949 e. The van der Waals surface area contributed by atoms with Crippen molar-refractivity contribution in [1.29, 1.82) is 0 Å². The second-order valence-electron chi connectivity index (χ2n) is 4.91. The highest BCUT2D eigenvalue weighted by atomic mass is 16.5. The Morgan fingerprint density at radius 1 is 1.41 bits per heavy atom. The first-order chi connectivity index (χ1) is 8.19. The molecule has 2 aromatic rings. The largest absolute Gasteiger partial charge is 0.385 e. The molecule has 3 rings (SSSR count). The van der Waals surface area contributed by atoms with Gasteiger partial charge in [-0.15, -0.1) is 0 Å². The molecule has 2 N–H and O–H groups in total. The van der Waals surface area contributed by atoms with Crippen LogP contribution < -0.4 is 0 Å². The zero-order valence-electron chi connectivity index (χ0n) is 9.94. The molecule has 0 bridgehead atoms. The molecular formula is C14H17NO2. The van der Waals surface area contributed by atoms with E-state index in [0.29, 0.717) is 19.4 Å². The Morgan fingerprint density at radius 3 is 3.12 bits per heavy atom. The molecule has 0 saturated carbocycles. The molecule has 2 heterocycles. The number of aromatic nitrogens is 1. The minimum atomic E-state index is -0.751. The number of rotatable bonds is 1. The van der Waals surface area contributed by atoms with Crippen LogP contribution in [0.1, 0.15) is 25.3 Å². The quantitative estimate of drug-likeness (QED) is 0.792. The van der Waals surface area contributed by atoms with Crippen LogP contribution in [-0.2, 0) is 10.3 Å². The summed E-state index contributed by atoms with van der Waals surface area (Å²) in [4.78, 5) is 3.19. The molecule has 1 aromatic heterocycles. The van der Waals surface area contributed by atoms with Gasteiger partial charge in [0.15, 0.2) is 0 Å². The van der Waals surface area contributed by atoms with Gasteiger partial charge in [-0.05, 0) is 24.6 Å². The number of hydrogen-bond donors (Lipinski definition) is 2. The number of benzene rings is 1. The molecule has 0 amide bonds. The zero-order chi connectivity index (χ0) is 11.9. The van der Waals surface area contributed by atoms with Gasteiger partial charge in [0.1, 0.15) is 0 Å². The molecule has 1 aliphatic heterocycles. The van der Waals surface area contributed by atoms with Crippen molar-refractivity contribution < 1.29 is 9.84 Å². The lowest BCUT2D eigenvalue weighted by molar-refractivity contribution is -0.101. The van der Waals surface area contributed by atoms with Crippen molar-refractivity contribution in [3.8, 4) is 0 Å². The van der Waals surface area contributed by atoms with E-state index in [1.165, 1.54) is 0 Å². The summed E-state index contributed by atoms with van der Waals surface area (Å²) in [7, 11) is 0. The van der Waals surface area contributed by atoms with Gasteiger partial charge in [0.2, 0.25) is 0 Å². The summed E-state index contributed by atoms with van der Waals surface area (Å²) in [5.41, 5.74) is 1.35. The van der Waals surface area contributed by atoms with E-state index in [9.17, 15) is 5.11 Å². The molecular weight excluding hydrogens is 214 g/mol. The number of fused-ring (bicyclic) bond motifs is 1. The van der Waals surface area contributed by atoms with E-state index in [2.05, 4.69) is 4.98 Å². The molecule has 3 heteroatoms. The van der Waals surface area contributed by atoms with Crippen molar-refractivity contribution in [2.45, 2.75) is 31.5 Å². The van der Waals surface area contributed by atoms with E-state index in [4.69, 9.17) is 4.74 Å². The second-order valence-corrected chi connectivity index (χ2v) is 4.91. The molecule has 1 fully saturated rings. The van der Waals surface area contributed by atoms with Gasteiger partial charge in [-0.3, -0.25) is 0 Å². The number of aromatic amines is 1. The first-order valence-corrected chi connectivity index (χ1v) is 6.10. The van der Waals surface area contributed by atoms with Gasteiger partial charge >= 0.3 is 0 Å². The molecule has 17 heavy (non-hydrogen) atoms. The third-order valence-corrected chi connectivity index (χ3v) is 3.64. The monoisotopic (exact) mass is 231 g/mol. The molecule has 2 atom stereocenters. The van der Waals surface area contributed by atoms with Gasteiger partial charge in [-0.1, -0.05) is 12.1 Å². The average molecular weight is 231 g/mol. The summed E-state index contributed by atoms with van der Waals surface area (Å²) in [5, 5.41) is 12.0. The lowest BCUT2D eigenvalue weighted by atomic mass is 9.82. The Bertz CT molecular complexity index is 534. The second kappa shape index (κ2) is 3.86. The third kappa shape index (κ3) is 1.75. The summed E-state index contributed by atoms with van der Waals surface area (Å²) < 4.78 is 5.52. The highest BCUT2D eigenvalue weighted by molar-refractivity contribution is 5.83.